The van der Waals surface area contributed by atoms with Crippen LogP contribution in [0.3, 0.4) is 0 Å². The van der Waals surface area contributed by atoms with Crippen LogP contribution in [0, 0.1) is 5.82 Å². The molecule has 1 saturated heterocycles. The third kappa shape index (κ3) is 3.45. The number of benzene rings is 1. The summed E-state index contributed by atoms with van der Waals surface area (Å²) in [6, 6.07) is 5.28. The molecule has 2 rings (SSSR count). The topological polar surface area (TPSA) is 24.5 Å². The summed E-state index contributed by atoms with van der Waals surface area (Å²) in [4.78, 5) is 2.23. The molecule has 1 heterocycles. The van der Waals surface area contributed by atoms with Crippen molar-refractivity contribution < 1.29 is 9.13 Å². The summed E-state index contributed by atoms with van der Waals surface area (Å²) in [5, 5.41) is 3.23. The number of hydrogen-bond donors (Lipinski definition) is 1. The molecule has 1 aliphatic heterocycles. The van der Waals surface area contributed by atoms with Gasteiger partial charge in [-0.05, 0) is 44.2 Å². The normalized spacial score (nSPS) is 18.6. The minimum absolute atomic E-state index is 0.0957. The molecule has 1 fully saturated rings. The van der Waals surface area contributed by atoms with E-state index in [4.69, 9.17) is 4.74 Å². The van der Waals surface area contributed by atoms with E-state index in [1.807, 2.05) is 6.92 Å². The lowest BCUT2D eigenvalue weighted by atomic mass is 10.0. The van der Waals surface area contributed by atoms with E-state index in [0.29, 0.717) is 19.8 Å². The molecule has 1 N–H and O–H groups in total. The van der Waals surface area contributed by atoms with E-state index in [9.17, 15) is 4.39 Å². The minimum atomic E-state index is -0.173. The Morgan fingerprint density at radius 1 is 1.37 bits per heavy atom. The first-order valence-corrected chi connectivity index (χ1v) is 6.88. The van der Waals surface area contributed by atoms with Crippen molar-refractivity contribution in [3.63, 3.8) is 0 Å². The van der Waals surface area contributed by atoms with E-state index in [1.54, 1.807) is 12.1 Å². The summed E-state index contributed by atoms with van der Waals surface area (Å²) in [5.74, 6) is -0.173. The van der Waals surface area contributed by atoms with Crippen molar-refractivity contribution in [1.29, 1.82) is 0 Å². The zero-order valence-electron chi connectivity index (χ0n) is 12.0. The van der Waals surface area contributed by atoms with Crippen molar-refractivity contribution in [2.75, 3.05) is 31.2 Å². The fraction of sp³-hybridized carbons (Fsp3) is 0.600. The Labute approximate surface area is 114 Å². The number of halogens is 1. The highest BCUT2D eigenvalue weighted by atomic mass is 19.1. The second-order valence-corrected chi connectivity index (χ2v) is 5.61. The van der Waals surface area contributed by atoms with Crippen LogP contribution in [-0.4, -0.2) is 31.8 Å². The van der Waals surface area contributed by atoms with Gasteiger partial charge in [0, 0.05) is 18.8 Å². The Hall–Kier alpha value is -1.13. The maximum absolute atomic E-state index is 13.8. The Morgan fingerprint density at radius 2 is 2.16 bits per heavy atom. The average molecular weight is 266 g/mol. The molecule has 0 unspecified atom stereocenters. The van der Waals surface area contributed by atoms with E-state index >= 15 is 0 Å². The fourth-order valence-corrected chi connectivity index (χ4v) is 2.50. The van der Waals surface area contributed by atoms with Crippen molar-refractivity contribution in [2.24, 2.45) is 0 Å². The first kappa shape index (κ1) is 14.3. The van der Waals surface area contributed by atoms with Crippen LogP contribution in [0.2, 0.25) is 0 Å². The molecular formula is C15H23FN2O. The molecule has 0 spiro atoms. The van der Waals surface area contributed by atoms with Gasteiger partial charge in [0.05, 0.1) is 18.8 Å². The third-order valence-corrected chi connectivity index (χ3v) is 3.48. The largest absolute Gasteiger partial charge is 0.377 e. The molecule has 0 atom stereocenters. The predicted octanol–water partition coefficient (Wildman–Crippen LogP) is 2.55. The maximum atomic E-state index is 13.8. The molecule has 0 bridgehead atoms. The van der Waals surface area contributed by atoms with E-state index < -0.39 is 0 Å². The molecule has 0 aromatic heterocycles. The highest BCUT2D eigenvalue weighted by Gasteiger charge is 2.30. The zero-order valence-corrected chi connectivity index (χ0v) is 12.0. The third-order valence-electron chi connectivity index (χ3n) is 3.48. The second-order valence-electron chi connectivity index (χ2n) is 5.61. The Kier molecular flexibility index (Phi) is 4.42. The van der Waals surface area contributed by atoms with E-state index in [-0.39, 0.29) is 11.4 Å². The summed E-state index contributed by atoms with van der Waals surface area (Å²) in [6.45, 7) is 10.1. The van der Waals surface area contributed by atoms with Crippen molar-refractivity contribution in [3.05, 3.63) is 29.6 Å². The molecule has 3 nitrogen and oxygen atoms in total. The number of ether oxygens (including phenoxy) is 1. The number of anilines is 1. The molecule has 19 heavy (non-hydrogen) atoms. The van der Waals surface area contributed by atoms with Gasteiger partial charge in [-0.25, -0.2) is 4.39 Å². The summed E-state index contributed by atoms with van der Waals surface area (Å²) in [7, 11) is 0. The molecule has 0 saturated carbocycles. The van der Waals surface area contributed by atoms with Gasteiger partial charge in [0.2, 0.25) is 0 Å². The van der Waals surface area contributed by atoms with Gasteiger partial charge < -0.3 is 15.0 Å². The molecule has 0 amide bonds. The van der Waals surface area contributed by atoms with Crippen LogP contribution < -0.4 is 10.2 Å². The van der Waals surface area contributed by atoms with Gasteiger partial charge in [-0.2, -0.15) is 0 Å². The van der Waals surface area contributed by atoms with Crippen molar-refractivity contribution in [2.45, 2.75) is 32.9 Å². The van der Waals surface area contributed by atoms with Crippen molar-refractivity contribution in [3.8, 4) is 0 Å². The molecule has 0 radical (unpaired) electrons. The van der Waals surface area contributed by atoms with Crippen LogP contribution in [-0.2, 0) is 11.3 Å². The molecule has 4 heteroatoms. The number of morpholine rings is 1. The standard InChI is InChI=1S/C15H23FN2O/c1-4-17-10-12-7-13(16)9-14(8-12)18-5-6-19-11-15(18,2)3/h7-9,17H,4-6,10-11H2,1-3H3. The first-order valence-electron chi connectivity index (χ1n) is 6.88. The van der Waals surface area contributed by atoms with Crippen LogP contribution in [0.15, 0.2) is 18.2 Å². The lowest BCUT2D eigenvalue weighted by molar-refractivity contribution is 0.0643. The predicted molar refractivity (Wildman–Crippen MR) is 76.0 cm³/mol. The molecular weight excluding hydrogens is 243 g/mol. The Morgan fingerprint density at radius 3 is 2.84 bits per heavy atom. The number of hydrogen-bond acceptors (Lipinski definition) is 3. The highest BCUT2D eigenvalue weighted by Crippen LogP contribution is 2.28. The van der Waals surface area contributed by atoms with Crippen LogP contribution in [0.4, 0.5) is 10.1 Å². The minimum Gasteiger partial charge on any atom is -0.377 e. The van der Waals surface area contributed by atoms with Gasteiger partial charge >= 0.3 is 0 Å². The highest BCUT2D eigenvalue weighted by molar-refractivity contribution is 5.51. The zero-order chi connectivity index (χ0) is 13.9. The molecule has 1 aromatic rings. The number of nitrogens with one attached hydrogen (secondary N) is 1. The van der Waals surface area contributed by atoms with Crippen molar-refractivity contribution >= 4 is 5.69 Å². The fourth-order valence-electron chi connectivity index (χ4n) is 2.50. The van der Waals surface area contributed by atoms with Gasteiger partial charge in [-0.1, -0.05) is 6.92 Å². The maximum Gasteiger partial charge on any atom is 0.125 e. The van der Waals surface area contributed by atoms with Gasteiger partial charge in [-0.15, -0.1) is 0 Å². The first-order chi connectivity index (χ1) is 9.03. The number of nitrogens with zero attached hydrogens (tertiary/aromatic N) is 1. The Bertz CT molecular complexity index is 434. The second kappa shape index (κ2) is 5.88. The van der Waals surface area contributed by atoms with Crippen LogP contribution >= 0.6 is 0 Å². The summed E-state index contributed by atoms with van der Waals surface area (Å²) < 4.78 is 19.3. The molecule has 1 aromatic carbocycles. The van der Waals surface area contributed by atoms with Gasteiger partial charge in [0.1, 0.15) is 5.82 Å². The van der Waals surface area contributed by atoms with Gasteiger partial charge in [-0.3, -0.25) is 0 Å². The van der Waals surface area contributed by atoms with E-state index in [1.165, 1.54) is 0 Å². The van der Waals surface area contributed by atoms with E-state index in [2.05, 4.69) is 30.1 Å². The monoisotopic (exact) mass is 266 g/mol. The van der Waals surface area contributed by atoms with Crippen LogP contribution in [0.5, 0.6) is 0 Å². The van der Waals surface area contributed by atoms with E-state index in [0.717, 1.165) is 24.3 Å². The Balaban J connectivity index is 2.25. The van der Waals surface area contributed by atoms with Crippen LogP contribution in [0.1, 0.15) is 26.3 Å². The van der Waals surface area contributed by atoms with Crippen LogP contribution in [0.25, 0.3) is 0 Å². The molecule has 106 valence electrons. The smallest absolute Gasteiger partial charge is 0.125 e. The summed E-state index contributed by atoms with van der Waals surface area (Å²) in [5.41, 5.74) is 1.84. The molecule has 1 aliphatic rings. The van der Waals surface area contributed by atoms with Gasteiger partial charge in [0.15, 0.2) is 0 Å². The van der Waals surface area contributed by atoms with Gasteiger partial charge in [0.25, 0.3) is 0 Å². The summed E-state index contributed by atoms with van der Waals surface area (Å²) in [6.07, 6.45) is 0. The number of rotatable bonds is 4. The van der Waals surface area contributed by atoms with Crippen molar-refractivity contribution in [1.82, 2.24) is 5.32 Å². The lowest BCUT2D eigenvalue weighted by Crippen LogP contribution is -2.53. The SMILES string of the molecule is CCNCc1cc(F)cc(N2CCOCC2(C)C)c1. The molecule has 0 aliphatic carbocycles. The summed E-state index contributed by atoms with van der Waals surface area (Å²) >= 11 is 0. The lowest BCUT2D eigenvalue weighted by Gasteiger charge is -2.44. The quantitative estimate of drug-likeness (QED) is 0.906. The average Bonchev–Trinajstić information content (AvgIpc) is 2.35.